The highest BCUT2D eigenvalue weighted by Crippen LogP contribution is 2.35. The van der Waals surface area contributed by atoms with E-state index in [1.165, 1.54) is 11.8 Å². The van der Waals surface area contributed by atoms with Gasteiger partial charge in [0.1, 0.15) is 12.6 Å². The average Bonchev–Trinajstić information content (AvgIpc) is 3.52. The molecule has 0 saturated carbocycles. The van der Waals surface area contributed by atoms with Crippen molar-refractivity contribution in [1.29, 1.82) is 0 Å². The predicted molar refractivity (Wildman–Crippen MR) is 140 cm³/mol. The summed E-state index contributed by atoms with van der Waals surface area (Å²) < 4.78 is 57.6. The van der Waals surface area contributed by atoms with E-state index in [4.69, 9.17) is 14.2 Å². The first-order valence-corrected chi connectivity index (χ1v) is 12.7. The van der Waals surface area contributed by atoms with Gasteiger partial charge < -0.3 is 24.4 Å². The van der Waals surface area contributed by atoms with Gasteiger partial charge in [-0.2, -0.15) is 18.3 Å². The maximum Gasteiger partial charge on any atom is 0.435 e. The number of alkyl halides is 3. The number of aromatic nitrogens is 2. The van der Waals surface area contributed by atoms with Gasteiger partial charge in [-0.05, 0) is 24.6 Å². The van der Waals surface area contributed by atoms with Gasteiger partial charge in [0.2, 0.25) is 18.6 Å². The number of hydrogen-bond acceptors (Lipinski definition) is 7. The van der Waals surface area contributed by atoms with Gasteiger partial charge in [0.25, 0.3) is 0 Å². The zero-order valence-corrected chi connectivity index (χ0v) is 22.7. The van der Waals surface area contributed by atoms with Crippen LogP contribution in [0.4, 0.5) is 18.9 Å². The van der Waals surface area contributed by atoms with Crippen LogP contribution >= 0.6 is 0 Å². The molecule has 0 saturated heterocycles. The molecule has 1 N–H and O–H groups in total. The van der Waals surface area contributed by atoms with Crippen molar-refractivity contribution in [2.24, 2.45) is 0 Å². The Morgan fingerprint density at radius 1 is 1.12 bits per heavy atom. The lowest BCUT2D eigenvalue weighted by Gasteiger charge is -2.25. The normalized spacial score (nSPS) is 13.0. The molecule has 2 amide bonds. The van der Waals surface area contributed by atoms with Gasteiger partial charge in [-0.15, -0.1) is 0 Å². The van der Waals surface area contributed by atoms with E-state index in [0.717, 1.165) is 17.2 Å². The van der Waals surface area contributed by atoms with Gasteiger partial charge in [0.15, 0.2) is 17.2 Å². The number of ether oxygens (including phenoxy) is 3. The van der Waals surface area contributed by atoms with Gasteiger partial charge in [-0.25, -0.2) is 0 Å². The molecule has 2 heterocycles. The van der Waals surface area contributed by atoms with Crippen LogP contribution in [0.15, 0.2) is 48.5 Å². The summed E-state index contributed by atoms with van der Waals surface area (Å²) in [6.45, 7) is 1.80. The molecular formula is C28H29F3N4O6. The lowest BCUT2D eigenvalue weighted by molar-refractivity contribution is -0.142. The van der Waals surface area contributed by atoms with Gasteiger partial charge in [0, 0.05) is 49.8 Å². The number of likely N-dealkylation sites (N-methyl/N-ethyl adjacent to an activating group) is 1. The lowest BCUT2D eigenvalue weighted by Crippen LogP contribution is -2.49. The minimum absolute atomic E-state index is 0.0670. The monoisotopic (exact) mass is 574 g/mol. The number of halogens is 3. The average molecular weight is 575 g/mol. The van der Waals surface area contributed by atoms with Crippen molar-refractivity contribution in [1.82, 2.24) is 15.1 Å². The van der Waals surface area contributed by atoms with Crippen molar-refractivity contribution < 1.29 is 41.8 Å². The van der Waals surface area contributed by atoms with Gasteiger partial charge in [-0.3, -0.25) is 19.1 Å². The molecule has 1 aliphatic rings. The summed E-state index contributed by atoms with van der Waals surface area (Å²) in [4.78, 5) is 39.2. The molecule has 1 aromatic heterocycles. The van der Waals surface area contributed by atoms with Crippen LogP contribution in [-0.4, -0.2) is 54.1 Å². The summed E-state index contributed by atoms with van der Waals surface area (Å²) in [5, 5.41) is 6.31. The third-order valence-corrected chi connectivity index (χ3v) is 6.54. The van der Waals surface area contributed by atoms with Crippen LogP contribution in [0, 0.1) is 6.92 Å². The lowest BCUT2D eigenvalue weighted by atomic mass is 10.0. The summed E-state index contributed by atoms with van der Waals surface area (Å²) in [5.41, 5.74) is 0.0396. The minimum atomic E-state index is -4.78. The Kier molecular flexibility index (Phi) is 8.84. The van der Waals surface area contributed by atoms with Crippen LogP contribution < -0.4 is 19.7 Å². The first-order valence-electron chi connectivity index (χ1n) is 12.7. The molecule has 3 aromatic rings. The molecule has 0 spiro atoms. The maximum atomic E-state index is 13.7. The Morgan fingerprint density at radius 3 is 2.51 bits per heavy atom. The number of benzene rings is 2. The van der Waals surface area contributed by atoms with Gasteiger partial charge in [-0.1, -0.05) is 30.3 Å². The van der Waals surface area contributed by atoms with Crippen LogP contribution in [0.2, 0.25) is 0 Å². The molecule has 1 unspecified atom stereocenters. The van der Waals surface area contributed by atoms with Crippen molar-refractivity contribution in [2.45, 2.75) is 45.5 Å². The number of nitrogens with one attached hydrogen (secondary N) is 1. The largest absolute Gasteiger partial charge is 0.466 e. The second-order valence-corrected chi connectivity index (χ2v) is 9.40. The highest BCUT2D eigenvalue weighted by atomic mass is 19.4. The highest BCUT2D eigenvalue weighted by molar-refractivity contribution is 5.99. The maximum absolute atomic E-state index is 13.7. The van der Waals surface area contributed by atoms with Crippen molar-refractivity contribution in [3.8, 4) is 11.5 Å². The molecule has 2 aromatic carbocycles. The highest BCUT2D eigenvalue weighted by Gasteiger charge is 2.38. The Morgan fingerprint density at radius 2 is 1.83 bits per heavy atom. The number of hydrogen-bond donors (Lipinski definition) is 1. The topological polar surface area (TPSA) is 112 Å². The number of rotatable bonds is 10. The molecule has 0 bridgehead atoms. The summed E-state index contributed by atoms with van der Waals surface area (Å²) >= 11 is 0. The van der Waals surface area contributed by atoms with Crippen LogP contribution in [0.25, 0.3) is 0 Å². The molecule has 1 atom stereocenters. The Balaban J connectivity index is 1.54. The van der Waals surface area contributed by atoms with Gasteiger partial charge >= 0.3 is 12.1 Å². The molecular weight excluding hydrogens is 545 g/mol. The summed E-state index contributed by atoms with van der Waals surface area (Å²) in [6.07, 6.45) is -4.87. The van der Waals surface area contributed by atoms with Crippen LogP contribution in [-0.2, 0) is 44.7 Å². The SMILES string of the molecule is CC(=O)OCCc1c(C(F)(F)F)nn(CC(=O)NC(Cc2ccccc2)C(=O)N(C)c2ccc3c(c2)OCO3)c1C. The fraction of sp³-hybridized carbons (Fsp3) is 0.357. The van der Waals surface area contributed by atoms with Crippen LogP contribution in [0.1, 0.15) is 29.4 Å². The second-order valence-electron chi connectivity index (χ2n) is 9.40. The minimum Gasteiger partial charge on any atom is -0.466 e. The zero-order chi connectivity index (χ0) is 29.7. The number of nitrogens with zero attached hydrogens (tertiary/aromatic N) is 3. The van der Waals surface area contributed by atoms with Crippen molar-refractivity contribution in [3.63, 3.8) is 0 Å². The predicted octanol–water partition coefficient (Wildman–Crippen LogP) is 3.44. The second kappa shape index (κ2) is 12.3. The smallest absolute Gasteiger partial charge is 0.435 e. The van der Waals surface area contributed by atoms with Crippen LogP contribution in [0.3, 0.4) is 0 Å². The number of anilines is 1. The molecule has 41 heavy (non-hydrogen) atoms. The van der Waals surface area contributed by atoms with Crippen molar-refractivity contribution >= 4 is 23.5 Å². The van der Waals surface area contributed by atoms with E-state index in [2.05, 4.69) is 10.4 Å². The fourth-order valence-corrected chi connectivity index (χ4v) is 4.44. The third-order valence-electron chi connectivity index (χ3n) is 6.54. The van der Waals surface area contributed by atoms with E-state index in [1.54, 1.807) is 49.5 Å². The van der Waals surface area contributed by atoms with E-state index < -0.39 is 42.2 Å². The van der Waals surface area contributed by atoms with E-state index in [-0.39, 0.29) is 37.5 Å². The number of esters is 1. The van der Waals surface area contributed by atoms with E-state index in [0.29, 0.717) is 17.2 Å². The number of carbonyl (C=O) groups is 3. The summed E-state index contributed by atoms with van der Waals surface area (Å²) in [6, 6.07) is 13.0. The number of carbonyl (C=O) groups excluding carboxylic acids is 3. The number of amides is 2. The summed E-state index contributed by atoms with van der Waals surface area (Å²) in [7, 11) is 1.55. The molecule has 10 nitrogen and oxygen atoms in total. The first kappa shape index (κ1) is 29.4. The van der Waals surface area contributed by atoms with E-state index in [9.17, 15) is 27.6 Å². The number of fused-ring (bicyclic) bond motifs is 1. The van der Waals surface area contributed by atoms with Crippen LogP contribution in [0.5, 0.6) is 11.5 Å². The Bertz CT molecular complexity index is 1420. The molecule has 1 aliphatic heterocycles. The Labute approximate surface area is 234 Å². The zero-order valence-electron chi connectivity index (χ0n) is 22.7. The quantitative estimate of drug-likeness (QED) is 0.370. The molecule has 13 heteroatoms. The molecule has 0 fully saturated rings. The fourth-order valence-electron chi connectivity index (χ4n) is 4.44. The molecule has 0 radical (unpaired) electrons. The molecule has 4 rings (SSSR count). The standard InChI is InChI=1S/C28H29F3N4O6/c1-17-21(11-12-39-18(2)36)26(28(29,30)31)33-35(17)15-25(37)32-22(13-19-7-5-4-6-8-19)27(38)34(3)20-9-10-23-24(14-20)41-16-40-23/h4-10,14,22H,11-13,15-16H2,1-3H3,(H,32,37). The van der Waals surface area contributed by atoms with Gasteiger partial charge in [0.05, 0.1) is 6.61 Å². The van der Waals surface area contributed by atoms with Crippen molar-refractivity contribution in [3.05, 3.63) is 71.0 Å². The molecule has 0 aliphatic carbocycles. The van der Waals surface area contributed by atoms with E-state index in [1.807, 2.05) is 6.07 Å². The summed E-state index contributed by atoms with van der Waals surface area (Å²) in [5.74, 6) is -0.753. The van der Waals surface area contributed by atoms with E-state index >= 15 is 0 Å². The molecule has 218 valence electrons. The van der Waals surface area contributed by atoms with Crippen molar-refractivity contribution in [2.75, 3.05) is 25.3 Å². The Hall–Kier alpha value is -4.55. The first-order chi connectivity index (χ1) is 19.4. The third kappa shape index (κ3) is 7.16.